The first-order valence-electron chi connectivity index (χ1n) is 6.58. The van der Waals surface area contributed by atoms with Gasteiger partial charge in [0, 0.05) is 16.8 Å². The molecule has 0 bridgehead atoms. The van der Waals surface area contributed by atoms with Gasteiger partial charge in [0.25, 0.3) is 0 Å². The van der Waals surface area contributed by atoms with Crippen molar-refractivity contribution in [1.82, 2.24) is 4.57 Å². The van der Waals surface area contributed by atoms with Crippen LogP contribution in [-0.2, 0) is 6.54 Å². The maximum atomic E-state index is 11.3. The molecule has 2 aliphatic carbocycles. The molecule has 2 aromatic heterocycles. The molecule has 0 radical (unpaired) electrons. The average molecular weight is 261 g/mol. The summed E-state index contributed by atoms with van der Waals surface area (Å²) in [6.07, 6.45) is 5.11. The Hall–Kier alpha value is -1.29. The molecular formula is C14H15NO2S. The number of rotatable bonds is 4. The van der Waals surface area contributed by atoms with Crippen LogP contribution in [0, 0.1) is 5.92 Å². The van der Waals surface area contributed by atoms with Crippen LogP contribution in [0.2, 0.25) is 0 Å². The SMILES string of the molecule is O=C(O)c1cc2cc(C3CC3)sc2n1CC1CC1. The number of carboxylic acid groups (broad SMARTS) is 1. The third-order valence-corrected chi connectivity index (χ3v) is 5.26. The smallest absolute Gasteiger partial charge is 0.352 e. The Balaban J connectivity index is 1.83. The Labute approximate surface area is 109 Å². The Morgan fingerprint density at radius 2 is 2.11 bits per heavy atom. The number of hydrogen-bond donors (Lipinski definition) is 1. The summed E-state index contributed by atoms with van der Waals surface area (Å²) in [5.41, 5.74) is 0.463. The van der Waals surface area contributed by atoms with Crippen LogP contribution in [0.3, 0.4) is 0 Å². The Kier molecular flexibility index (Phi) is 2.13. The number of carbonyl (C=O) groups is 1. The first-order valence-corrected chi connectivity index (χ1v) is 7.40. The van der Waals surface area contributed by atoms with Crippen LogP contribution in [-0.4, -0.2) is 15.6 Å². The quantitative estimate of drug-likeness (QED) is 0.912. The summed E-state index contributed by atoms with van der Waals surface area (Å²) in [7, 11) is 0. The summed E-state index contributed by atoms with van der Waals surface area (Å²) in [6.45, 7) is 0.885. The monoisotopic (exact) mass is 261 g/mol. The number of nitrogens with zero attached hydrogens (tertiary/aromatic N) is 1. The number of hydrogen-bond acceptors (Lipinski definition) is 2. The Bertz CT molecular complexity index is 632. The molecule has 18 heavy (non-hydrogen) atoms. The molecule has 3 nitrogen and oxygen atoms in total. The number of carboxylic acids is 1. The topological polar surface area (TPSA) is 42.2 Å². The van der Waals surface area contributed by atoms with Crippen LogP contribution in [0.15, 0.2) is 12.1 Å². The predicted molar refractivity (Wildman–Crippen MR) is 71.5 cm³/mol. The van der Waals surface area contributed by atoms with E-state index in [1.807, 2.05) is 10.6 Å². The van der Waals surface area contributed by atoms with Crippen LogP contribution in [0.4, 0.5) is 0 Å². The zero-order valence-corrected chi connectivity index (χ0v) is 10.9. The molecule has 4 rings (SSSR count). The molecule has 0 unspecified atom stereocenters. The van der Waals surface area contributed by atoms with E-state index in [4.69, 9.17) is 0 Å². The molecule has 0 saturated heterocycles. The molecule has 2 fully saturated rings. The first-order chi connectivity index (χ1) is 8.72. The molecule has 2 heterocycles. The van der Waals surface area contributed by atoms with Gasteiger partial charge in [-0.1, -0.05) is 0 Å². The summed E-state index contributed by atoms with van der Waals surface area (Å²) in [5, 5.41) is 10.4. The zero-order valence-electron chi connectivity index (χ0n) is 10.1. The lowest BCUT2D eigenvalue weighted by molar-refractivity contribution is 0.0685. The van der Waals surface area contributed by atoms with Crippen molar-refractivity contribution in [2.45, 2.75) is 38.1 Å². The van der Waals surface area contributed by atoms with Crippen molar-refractivity contribution < 1.29 is 9.90 Å². The van der Waals surface area contributed by atoms with Gasteiger partial charge in [0.05, 0.1) is 0 Å². The Morgan fingerprint density at radius 1 is 1.33 bits per heavy atom. The highest BCUT2D eigenvalue weighted by Crippen LogP contribution is 2.46. The van der Waals surface area contributed by atoms with Gasteiger partial charge in [-0.15, -0.1) is 11.3 Å². The number of aromatic carboxylic acids is 1. The highest BCUT2D eigenvalue weighted by Gasteiger charge is 2.29. The van der Waals surface area contributed by atoms with Gasteiger partial charge < -0.3 is 9.67 Å². The van der Waals surface area contributed by atoms with Crippen molar-refractivity contribution in [3.63, 3.8) is 0 Å². The number of fused-ring (bicyclic) bond motifs is 1. The lowest BCUT2D eigenvalue weighted by Crippen LogP contribution is -2.09. The number of aromatic nitrogens is 1. The lowest BCUT2D eigenvalue weighted by Gasteiger charge is -2.05. The molecule has 2 aromatic rings. The molecule has 2 aliphatic rings. The van der Waals surface area contributed by atoms with Crippen LogP contribution >= 0.6 is 11.3 Å². The van der Waals surface area contributed by atoms with Crippen molar-refractivity contribution in [1.29, 1.82) is 0 Å². The molecule has 4 heteroatoms. The third kappa shape index (κ3) is 1.67. The predicted octanol–water partition coefficient (Wildman–Crippen LogP) is 3.69. The molecule has 0 aromatic carbocycles. The van der Waals surface area contributed by atoms with E-state index < -0.39 is 5.97 Å². The minimum absolute atomic E-state index is 0.463. The Morgan fingerprint density at radius 3 is 2.72 bits per heavy atom. The second-order valence-corrected chi connectivity index (χ2v) is 6.63. The van der Waals surface area contributed by atoms with Gasteiger partial charge in [-0.2, -0.15) is 0 Å². The van der Waals surface area contributed by atoms with E-state index >= 15 is 0 Å². The average Bonchev–Trinajstić information content (AvgIpc) is 3.22. The highest BCUT2D eigenvalue weighted by atomic mass is 32.1. The molecule has 94 valence electrons. The lowest BCUT2D eigenvalue weighted by atomic mass is 10.3. The normalized spacial score (nSPS) is 19.6. The van der Waals surface area contributed by atoms with Gasteiger partial charge in [-0.3, -0.25) is 0 Å². The van der Waals surface area contributed by atoms with E-state index in [2.05, 4.69) is 6.07 Å². The fraction of sp³-hybridized carbons (Fsp3) is 0.500. The fourth-order valence-electron chi connectivity index (χ4n) is 2.55. The molecule has 0 atom stereocenters. The van der Waals surface area contributed by atoms with Gasteiger partial charge in [-0.25, -0.2) is 4.79 Å². The van der Waals surface area contributed by atoms with E-state index in [1.54, 1.807) is 11.3 Å². The van der Waals surface area contributed by atoms with Gasteiger partial charge in [-0.05, 0) is 49.7 Å². The van der Waals surface area contributed by atoms with Gasteiger partial charge in [0.2, 0.25) is 0 Å². The molecule has 2 saturated carbocycles. The van der Waals surface area contributed by atoms with Crippen LogP contribution < -0.4 is 0 Å². The van der Waals surface area contributed by atoms with E-state index in [0.29, 0.717) is 11.6 Å². The van der Waals surface area contributed by atoms with Gasteiger partial charge >= 0.3 is 5.97 Å². The molecular weight excluding hydrogens is 246 g/mol. The van der Waals surface area contributed by atoms with E-state index in [1.165, 1.54) is 35.4 Å². The van der Waals surface area contributed by atoms with Crippen LogP contribution in [0.1, 0.15) is 47.0 Å². The fourth-order valence-corrected chi connectivity index (χ4v) is 3.88. The van der Waals surface area contributed by atoms with Crippen molar-refractivity contribution in [3.8, 4) is 0 Å². The zero-order chi connectivity index (χ0) is 12.3. The minimum Gasteiger partial charge on any atom is -0.477 e. The van der Waals surface area contributed by atoms with Gasteiger partial charge in [0.1, 0.15) is 10.5 Å². The van der Waals surface area contributed by atoms with Crippen molar-refractivity contribution >= 4 is 27.5 Å². The van der Waals surface area contributed by atoms with Crippen LogP contribution in [0.25, 0.3) is 10.2 Å². The van der Waals surface area contributed by atoms with Gasteiger partial charge in [0.15, 0.2) is 0 Å². The first kappa shape index (κ1) is 10.6. The minimum atomic E-state index is -0.799. The summed E-state index contributed by atoms with van der Waals surface area (Å²) in [6, 6.07) is 4.05. The van der Waals surface area contributed by atoms with E-state index in [9.17, 15) is 9.90 Å². The summed E-state index contributed by atoms with van der Waals surface area (Å²) >= 11 is 1.80. The molecule has 1 N–H and O–H groups in total. The second kappa shape index (κ2) is 3.60. The molecule has 0 spiro atoms. The summed E-state index contributed by atoms with van der Waals surface area (Å²) < 4.78 is 2.03. The molecule has 0 aliphatic heterocycles. The van der Waals surface area contributed by atoms with E-state index in [0.717, 1.165) is 17.8 Å². The molecule has 0 amide bonds. The highest BCUT2D eigenvalue weighted by molar-refractivity contribution is 7.18. The van der Waals surface area contributed by atoms with E-state index in [-0.39, 0.29) is 0 Å². The largest absolute Gasteiger partial charge is 0.477 e. The maximum Gasteiger partial charge on any atom is 0.352 e. The van der Waals surface area contributed by atoms with Crippen molar-refractivity contribution in [2.24, 2.45) is 5.92 Å². The summed E-state index contributed by atoms with van der Waals surface area (Å²) in [5.74, 6) is 0.655. The maximum absolute atomic E-state index is 11.3. The standard InChI is InChI=1S/C14H15NO2S/c16-14(17)11-5-10-6-12(9-3-4-9)18-13(10)15(11)7-8-1-2-8/h5-6,8-9H,1-4,7H2,(H,16,17). The van der Waals surface area contributed by atoms with Crippen molar-refractivity contribution in [3.05, 3.63) is 22.7 Å². The second-order valence-electron chi connectivity index (χ2n) is 5.57. The van der Waals surface area contributed by atoms with Crippen LogP contribution in [0.5, 0.6) is 0 Å². The third-order valence-electron chi connectivity index (χ3n) is 3.92. The van der Waals surface area contributed by atoms with Crippen molar-refractivity contribution in [2.75, 3.05) is 0 Å². The number of thiophene rings is 1. The summed E-state index contributed by atoms with van der Waals surface area (Å²) in [4.78, 5) is 13.9.